The van der Waals surface area contributed by atoms with Gasteiger partial charge >= 0.3 is 0 Å². The Hall–Kier alpha value is -2.72. The molecule has 2 heterocycles. The lowest BCUT2D eigenvalue weighted by Gasteiger charge is -2.10. The predicted octanol–water partition coefficient (Wildman–Crippen LogP) is 2.10. The molecule has 25 heavy (non-hydrogen) atoms. The summed E-state index contributed by atoms with van der Waals surface area (Å²) in [5, 5.41) is 8.39. The van der Waals surface area contributed by atoms with Crippen LogP contribution < -0.4 is 10.0 Å². The van der Waals surface area contributed by atoms with Gasteiger partial charge in [-0.1, -0.05) is 23.4 Å². The summed E-state index contributed by atoms with van der Waals surface area (Å²) in [5.41, 5.74) is 0.401. The van der Waals surface area contributed by atoms with Crippen molar-refractivity contribution >= 4 is 33.0 Å². The standard InChI is InChI=1S/C15H14N4O4S2/c1-25(21,22)19-11-6-3-2-5-10(11)15(20)16-9-13-17-14(18-23-13)12-7-4-8-24-12/h2-8,19H,9H2,1H3,(H,16,20). The number of para-hydroxylation sites is 1. The van der Waals surface area contributed by atoms with Crippen LogP contribution in [0.15, 0.2) is 46.3 Å². The Kier molecular flexibility index (Phi) is 4.81. The highest BCUT2D eigenvalue weighted by Crippen LogP contribution is 2.21. The molecule has 1 aromatic carbocycles. The van der Waals surface area contributed by atoms with Crippen LogP contribution in [-0.2, 0) is 16.6 Å². The average Bonchev–Trinajstić information content (AvgIpc) is 3.23. The molecule has 2 N–H and O–H groups in total. The third-order valence-corrected chi connectivity index (χ3v) is 4.53. The second-order valence-electron chi connectivity index (χ2n) is 5.09. The van der Waals surface area contributed by atoms with E-state index in [2.05, 4.69) is 20.2 Å². The van der Waals surface area contributed by atoms with Crippen molar-refractivity contribution in [2.75, 3.05) is 11.0 Å². The third kappa shape index (κ3) is 4.43. The van der Waals surface area contributed by atoms with Crippen molar-refractivity contribution < 1.29 is 17.7 Å². The molecule has 0 spiro atoms. The van der Waals surface area contributed by atoms with E-state index in [1.165, 1.54) is 23.5 Å². The molecule has 0 unspecified atom stereocenters. The van der Waals surface area contributed by atoms with Crippen LogP contribution in [0.4, 0.5) is 5.69 Å². The van der Waals surface area contributed by atoms with Crippen molar-refractivity contribution in [1.29, 1.82) is 0 Å². The van der Waals surface area contributed by atoms with E-state index >= 15 is 0 Å². The monoisotopic (exact) mass is 378 g/mol. The molecule has 3 rings (SSSR count). The maximum absolute atomic E-state index is 12.3. The molecule has 2 aromatic heterocycles. The van der Waals surface area contributed by atoms with Gasteiger partial charge in [0.15, 0.2) is 0 Å². The van der Waals surface area contributed by atoms with Crippen LogP contribution in [0.2, 0.25) is 0 Å². The van der Waals surface area contributed by atoms with Crippen molar-refractivity contribution in [2.45, 2.75) is 6.54 Å². The van der Waals surface area contributed by atoms with Crippen molar-refractivity contribution in [3.05, 3.63) is 53.2 Å². The first-order valence-electron chi connectivity index (χ1n) is 7.14. The van der Waals surface area contributed by atoms with Gasteiger partial charge in [0.05, 0.1) is 28.9 Å². The number of rotatable bonds is 6. The molecule has 0 aliphatic rings. The number of hydrogen-bond donors (Lipinski definition) is 2. The first kappa shape index (κ1) is 17.1. The fourth-order valence-corrected chi connectivity index (χ4v) is 3.28. The van der Waals surface area contributed by atoms with E-state index in [-0.39, 0.29) is 23.7 Å². The number of aromatic nitrogens is 2. The third-order valence-electron chi connectivity index (χ3n) is 3.08. The van der Waals surface area contributed by atoms with Gasteiger partial charge in [-0.25, -0.2) is 8.42 Å². The number of anilines is 1. The van der Waals surface area contributed by atoms with Crippen LogP contribution in [0.1, 0.15) is 16.2 Å². The molecule has 1 amide bonds. The van der Waals surface area contributed by atoms with E-state index in [0.717, 1.165) is 11.1 Å². The largest absolute Gasteiger partial charge is 0.343 e. The Balaban J connectivity index is 1.69. The maximum atomic E-state index is 12.3. The summed E-state index contributed by atoms with van der Waals surface area (Å²) < 4.78 is 30.2. The van der Waals surface area contributed by atoms with E-state index in [0.29, 0.717) is 5.82 Å². The quantitative estimate of drug-likeness (QED) is 0.679. The van der Waals surface area contributed by atoms with Gasteiger partial charge in [-0.3, -0.25) is 9.52 Å². The molecule has 0 bridgehead atoms. The zero-order valence-electron chi connectivity index (χ0n) is 13.1. The Morgan fingerprint density at radius 1 is 1.24 bits per heavy atom. The van der Waals surface area contributed by atoms with Crippen molar-refractivity contribution in [2.24, 2.45) is 0 Å². The summed E-state index contributed by atoms with van der Waals surface area (Å²) in [6.07, 6.45) is 1.02. The van der Waals surface area contributed by atoms with Gasteiger partial charge in [0.1, 0.15) is 0 Å². The summed E-state index contributed by atoms with van der Waals surface area (Å²) >= 11 is 1.48. The second-order valence-corrected chi connectivity index (χ2v) is 7.79. The number of amides is 1. The lowest BCUT2D eigenvalue weighted by atomic mass is 10.1. The zero-order valence-corrected chi connectivity index (χ0v) is 14.7. The van der Waals surface area contributed by atoms with Gasteiger partial charge in [-0.15, -0.1) is 11.3 Å². The summed E-state index contributed by atoms with van der Waals surface area (Å²) in [7, 11) is -3.49. The molecule has 0 saturated heterocycles. The Morgan fingerprint density at radius 2 is 2.04 bits per heavy atom. The van der Waals surface area contributed by atoms with E-state index in [9.17, 15) is 13.2 Å². The average molecular weight is 378 g/mol. The van der Waals surface area contributed by atoms with Crippen LogP contribution in [0, 0.1) is 0 Å². The summed E-state index contributed by atoms with van der Waals surface area (Å²) in [4.78, 5) is 17.4. The van der Waals surface area contributed by atoms with Crippen LogP contribution in [-0.4, -0.2) is 30.7 Å². The number of nitrogens with zero attached hydrogens (tertiary/aromatic N) is 2. The molecule has 130 valence electrons. The highest BCUT2D eigenvalue weighted by molar-refractivity contribution is 7.92. The molecule has 0 saturated carbocycles. The van der Waals surface area contributed by atoms with Crippen LogP contribution in [0.25, 0.3) is 10.7 Å². The number of hydrogen-bond acceptors (Lipinski definition) is 7. The first-order chi connectivity index (χ1) is 11.9. The van der Waals surface area contributed by atoms with Crippen LogP contribution in [0.3, 0.4) is 0 Å². The minimum absolute atomic E-state index is 0.0322. The molecule has 10 heteroatoms. The number of benzene rings is 1. The minimum atomic E-state index is -3.49. The SMILES string of the molecule is CS(=O)(=O)Nc1ccccc1C(=O)NCc1nc(-c2cccs2)no1. The van der Waals surface area contributed by atoms with Crippen molar-refractivity contribution in [3.63, 3.8) is 0 Å². The Bertz CT molecular complexity index is 981. The van der Waals surface area contributed by atoms with Crippen LogP contribution in [0.5, 0.6) is 0 Å². The highest BCUT2D eigenvalue weighted by atomic mass is 32.2. The normalized spacial score (nSPS) is 11.2. The van der Waals surface area contributed by atoms with Gasteiger partial charge in [-0.05, 0) is 23.6 Å². The van der Waals surface area contributed by atoms with Gasteiger partial charge in [0, 0.05) is 0 Å². The molecule has 8 nitrogen and oxygen atoms in total. The molecular weight excluding hydrogens is 364 g/mol. The summed E-state index contributed by atoms with van der Waals surface area (Å²) in [5.74, 6) is 0.256. The molecular formula is C15H14N4O4S2. The highest BCUT2D eigenvalue weighted by Gasteiger charge is 2.15. The fourth-order valence-electron chi connectivity index (χ4n) is 2.05. The number of thiophene rings is 1. The molecule has 0 atom stereocenters. The van der Waals surface area contributed by atoms with Gasteiger partial charge in [0.2, 0.25) is 21.7 Å². The number of sulfonamides is 1. The number of carbonyl (C=O) groups is 1. The topological polar surface area (TPSA) is 114 Å². The van der Waals surface area contributed by atoms with E-state index in [1.807, 2.05) is 17.5 Å². The summed E-state index contributed by atoms with van der Waals surface area (Å²) in [6, 6.07) is 10.1. The number of nitrogens with one attached hydrogen (secondary N) is 2. The van der Waals surface area contributed by atoms with Crippen LogP contribution >= 0.6 is 11.3 Å². The minimum Gasteiger partial charge on any atom is -0.343 e. The first-order valence-corrected chi connectivity index (χ1v) is 9.91. The summed E-state index contributed by atoms with van der Waals surface area (Å²) in [6.45, 7) is 0.0322. The lowest BCUT2D eigenvalue weighted by molar-refractivity contribution is 0.0947. The van der Waals surface area contributed by atoms with E-state index < -0.39 is 15.9 Å². The van der Waals surface area contributed by atoms with Crippen molar-refractivity contribution in [3.8, 4) is 10.7 Å². The maximum Gasteiger partial charge on any atom is 0.253 e. The van der Waals surface area contributed by atoms with Crippen molar-refractivity contribution in [1.82, 2.24) is 15.5 Å². The van der Waals surface area contributed by atoms with E-state index in [4.69, 9.17) is 4.52 Å². The Morgan fingerprint density at radius 3 is 2.76 bits per heavy atom. The lowest BCUT2D eigenvalue weighted by Crippen LogP contribution is -2.24. The molecule has 0 aliphatic carbocycles. The van der Waals surface area contributed by atoms with Gasteiger partial charge in [0.25, 0.3) is 5.91 Å². The molecule has 0 fully saturated rings. The zero-order chi connectivity index (χ0) is 17.9. The molecule has 0 aliphatic heterocycles. The second kappa shape index (κ2) is 7.03. The van der Waals surface area contributed by atoms with Gasteiger partial charge < -0.3 is 9.84 Å². The predicted molar refractivity (Wildman–Crippen MR) is 93.7 cm³/mol. The van der Waals surface area contributed by atoms with E-state index in [1.54, 1.807) is 12.1 Å². The molecule has 0 radical (unpaired) electrons. The smallest absolute Gasteiger partial charge is 0.253 e. The number of carbonyl (C=O) groups excluding carboxylic acids is 1. The molecule has 3 aromatic rings. The van der Waals surface area contributed by atoms with Gasteiger partial charge in [-0.2, -0.15) is 4.98 Å². The Labute approximate surface area is 147 Å². The fraction of sp³-hybridized carbons (Fsp3) is 0.133.